The highest BCUT2D eigenvalue weighted by molar-refractivity contribution is 6.39. The molecule has 0 aliphatic heterocycles. The minimum absolute atomic E-state index is 0.0155. The summed E-state index contributed by atoms with van der Waals surface area (Å²) >= 11 is 0. The van der Waals surface area contributed by atoms with E-state index in [1.807, 2.05) is 0 Å². The van der Waals surface area contributed by atoms with Crippen LogP contribution in [-0.2, 0) is 14.4 Å². The molecule has 0 aromatic heterocycles. The summed E-state index contributed by atoms with van der Waals surface area (Å²) in [7, 11) is 0. The Morgan fingerprint density at radius 2 is 1.92 bits per heavy atom. The van der Waals surface area contributed by atoms with Gasteiger partial charge in [-0.25, -0.2) is 5.48 Å². The number of Topliss-reactive ketones (excluding diaryl/α,β-unsaturated/α-hetero) is 1. The Balaban J connectivity index is 4.42. The minimum Gasteiger partial charge on any atom is -0.481 e. The lowest BCUT2D eigenvalue weighted by atomic mass is 10.0. The quantitative estimate of drug-likeness (QED) is 0.224. The van der Waals surface area contributed by atoms with Crippen LogP contribution in [0.2, 0.25) is 0 Å². The first-order valence-electron chi connectivity index (χ1n) is 3.25. The van der Waals surface area contributed by atoms with Crippen LogP contribution in [0, 0.1) is 5.92 Å². The highest BCUT2D eigenvalue weighted by atomic mass is 16.5. The third-order valence-electron chi connectivity index (χ3n) is 1.35. The van der Waals surface area contributed by atoms with E-state index in [2.05, 4.69) is 0 Å². The molecule has 12 heavy (non-hydrogen) atoms. The van der Waals surface area contributed by atoms with Crippen molar-refractivity contribution in [2.75, 3.05) is 0 Å². The lowest BCUT2D eigenvalue weighted by Gasteiger charge is -2.05. The topological polar surface area (TPSA) is 104 Å². The summed E-state index contributed by atoms with van der Waals surface area (Å²) < 4.78 is 0. The molecule has 1 unspecified atom stereocenters. The number of aliphatic carboxylic acids is 1. The first-order valence-corrected chi connectivity index (χ1v) is 3.25. The van der Waals surface area contributed by atoms with Gasteiger partial charge >= 0.3 is 11.9 Å². The standard InChI is InChI=1S/C6H9NO5/c1-2-3(6(10)11)4(8)5(9)7-12/h3,12H,2H2,1H3,(H,7,9)(H,10,11). The van der Waals surface area contributed by atoms with Gasteiger partial charge < -0.3 is 5.11 Å². The van der Waals surface area contributed by atoms with E-state index in [0.29, 0.717) is 0 Å². The molecule has 0 aliphatic rings. The van der Waals surface area contributed by atoms with Gasteiger partial charge in [0.25, 0.3) is 0 Å². The molecule has 0 bridgehead atoms. The van der Waals surface area contributed by atoms with Gasteiger partial charge in [-0.15, -0.1) is 0 Å². The van der Waals surface area contributed by atoms with E-state index >= 15 is 0 Å². The number of hydrogen-bond acceptors (Lipinski definition) is 4. The number of carbonyl (C=O) groups excluding carboxylic acids is 2. The van der Waals surface area contributed by atoms with Crippen molar-refractivity contribution in [1.29, 1.82) is 0 Å². The molecule has 1 atom stereocenters. The van der Waals surface area contributed by atoms with Gasteiger partial charge in [0.2, 0.25) is 5.78 Å². The highest BCUT2D eigenvalue weighted by Gasteiger charge is 2.29. The number of rotatable bonds is 4. The maximum absolute atomic E-state index is 10.8. The summed E-state index contributed by atoms with van der Waals surface area (Å²) in [5, 5.41) is 16.4. The minimum atomic E-state index is -1.38. The molecule has 0 aromatic carbocycles. The van der Waals surface area contributed by atoms with E-state index in [1.54, 1.807) is 0 Å². The molecule has 0 aromatic rings. The van der Waals surface area contributed by atoms with Gasteiger partial charge in [-0.05, 0) is 6.42 Å². The van der Waals surface area contributed by atoms with Crippen LogP contribution in [-0.4, -0.2) is 28.0 Å². The molecule has 0 saturated carbocycles. The second-order valence-electron chi connectivity index (χ2n) is 2.10. The Bertz CT molecular complexity index is 212. The number of hydroxylamine groups is 1. The molecule has 0 radical (unpaired) electrons. The molecule has 0 rings (SSSR count). The first-order chi connectivity index (χ1) is 5.54. The average molecular weight is 175 g/mol. The van der Waals surface area contributed by atoms with E-state index in [1.165, 1.54) is 6.92 Å². The fraction of sp³-hybridized carbons (Fsp3) is 0.500. The summed E-state index contributed by atoms with van der Waals surface area (Å²) in [6.45, 7) is 1.46. The summed E-state index contributed by atoms with van der Waals surface area (Å²) in [6, 6.07) is 0. The van der Waals surface area contributed by atoms with Gasteiger partial charge in [0.15, 0.2) is 0 Å². The zero-order valence-corrected chi connectivity index (χ0v) is 6.40. The number of carboxylic acids is 1. The number of nitrogens with one attached hydrogen (secondary N) is 1. The molecular formula is C6H9NO5. The fourth-order valence-corrected chi connectivity index (χ4v) is 0.686. The third-order valence-corrected chi connectivity index (χ3v) is 1.35. The lowest BCUT2D eigenvalue weighted by Crippen LogP contribution is -2.36. The van der Waals surface area contributed by atoms with E-state index in [-0.39, 0.29) is 6.42 Å². The molecule has 68 valence electrons. The van der Waals surface area contributed by atoms with Crippen LogP contribution in [0.25, 0.3) is 0 Å². The normalized spacial score (nSPS) is 11.8. The number of carboxylic acid groups (broad SMARTS) is 1. The van der Waals surface area contributed by atoms with Crippen LogP contribution in [0.15, 0.2) is 0 Å². The molecule has 0 aliphatic carbocycles. The molecule has 6 nitrogen and oxygen atoms in total. The highest BCUT2D eigenvalue weighted by Crippen LogP contribution is 2.03. The third kappa shape index (κ3) is 2.31. The number of ketones is 1. The van der Waals surface area contributed by atoms with Gasteiger partial charge in [-0.3, -0.25) is 19.6 Å². The van der Waals surface area contributed by atoms with Crippen molar-refractivity contribution < 1.29 is 24.7 Å². The largest absolute Gasteiger partial charge is 0.481 e. The van der Waals surface area contributed by atoms with Crippen molar-refractivity contribution in [1.82, 2.24) is 5.48 Å². The van der Waals surface area contributed by atoms with E-state index in [4.69, 9.17) is 10.3 Å². The average Bonchev–Trinajstić information content (AvgIpc) is 2.03. The molecule has 0 fully saturated rings. The van der Waals surface area contributed by atoms with Gasteiger partial charge in [-0.2, -0.15) is 0 Å². The van der Waals surface area contributed by atoms with Crippen molar-refractivity contribution >= 4 is 17.7 Å². The Labute approximate surface area is 68.1 Å². The van der Waals surface area contributed by atoms with Crippen molar-refractivity contribution in [3.63, 3.8) is 0 Å². The maximum atomic E-state index is 10.8. The van der Waals surface area contributed by atoms with Crippen LogP contribution >= 0.6 is 0 Å². The smallest absolute Gasteiger partial charge is 0.314 e. The lowest BCUT2D eigenvalue weighted by molar-refractivity contribution is -0.153. The molecule has 0 heterocycles. The van der Waals surface area contributed by atoms with Crippen LogP contribution in [0.3, 0.4) is 0 Å². The predicted molar refractivity (Wildman–Crippen MR) is 36.4 cm³/mol. The summed E-state index contributed by atoms with van der Waals surface area (Å²) in [5.41, 5.74) is 1.08. The summed E-state index contributed by atoms with van der Waals surface area (Å²) in [4.78, 5) is 31.5. The van der Waals surface area contributed by atoms with Crippen molar-refractivity contribution in [3.8, 4) is 0 Å². The number of hydrogen-bond donors (Lipinski definition) is 3. The molecular weight excluding hydrogens is 166 g/mol. The van der Waals surface area contributed by atoms with E-state index < -0.39 is 23.6 Å². The summed E-state index contributed by atoms with van der Waals surface area (Å²) in [5.74, 6) is -5.19. The Hall–Kier alpha value is -1.43. The first kappa shape index (κ1) is 10.6. The Morgan fingerprint density at radius 1 is 1.42 bits per heavy atom. The van der Waals surface area contributed by atoms with Crippen LogP contribution in [0.4, 0.5) is 0 Å². The van der Waals surface area contributed by atoms with E-state index in [9.17, 15) is 14.4 Å². The second kappa shape index (κ2) is 4.45. The van der Waals surface area contributed by atoms with Gasteiger partial charge in [0.1, 0.15) is 5.92 Å². The zero-order chi connectivity index (χ0) is 9.72. The predicted octanol–water partition coefficient (Wildman–Crippen LogP) is -0.828. The summed E-state index contributed by atoms with van der Waals surface area (Å²) in [6.07, 6.45) is 0.0155. The van der Waals surface area contributed by atoms with Crippen molar-refractivity contribution in [2.45, 2.75) is 13.3 Å². The van der Waals surface area contributed by atoms with Crippen LogP contribution in [0.5, 0.6) is 0 Å². The van der Waals surface area contributed by atoms with Gasteiger partial charge in [-0.1, -0.05) is 6.92 Å². The second-order valence-corrected chi connectivity index (χ2v) is 2.10. The number of amides is 1. The molecule has 3 N–H and O–H groups in total. The van der Waals surface area contributed by atoms with E-state index in [0.717, 1.165) is 5.48 Å². The Kier molecular flexibility index (Phi) is 3.92. The molecule has 6 heteroatoms. The van der Waals surface area contributed by atoms with Crippen LogP contribution in [0.1, 0.15) is 13.3 Å². The molecule has 0 spiro atoms. The van der Waals surface area contributed by atoms with Crippen molar-refractivity contribution in [3.05, 3.63) is 0 Å². The zero-order valence-electron chi connectivity index (χ0n) is 6.40. The van der Waals surface area contributed by atoms with Gasteiger partial charge in [0, 0.05) is 0 Å². The maximum Gasteiger partial charge on any atom is 0.314 e. The Morgan fingerprint density at radius 3 is 2.17 bits per heavy atom. The molecule has 1 amide bonds. The van der Waals surface area contributed by atoms with Crippen LogP contribution < -0.4 is 5.48 Å². The SMILES string of the molecule is CCC(C(=O)O)C(=O)C(=O)NO. The van der Waals surface area contributed by atoms with Crippen molar-refractivity contribution in [2.24, 2.45) is 5.92 Å². The van der Waals surface area contributed by atoms with Gasteiger partial charge in [0.05, 0.1) is 0 Å². The number of carbonyl (C=O) groups is 3. The molecule has 0 saturated heterocycles. The monoisotopic (exact) mass is 175 g/mol. The fourth-order valence-electron chi connectivity index (χ4n) is 0.686.